The highest BCUT2D eigenvalue weighted by Gasteiger charge is 2.22. The number of anilines is 1. The van der Waals surface area contributed by atoms with Crippen LogP contribution in [-0.2, 0) is 0 Å². The first-order valence-corrected chi connectivity index (χ1v) is 9.40. The molecule has 7 nitrogen and oxygen atoms in total. The molecule has 2 aromatic carbocycles. The number of fused-ring (bicyclic) bond motifs is 1. The van der Waals surface area contributed by atoms with Gasteiger partial charge in [-0.2, -0.15) is 0 Å². The summed E-state index contributed by atoms with van der Waals surface area (Å²) >= 11 is 1.41. The Hall–Kier alpha value is -3.52. The Kier molecular flexibility index (Phi) is 4.62. The van der Waals surface area contributed by atoms with E-state index in [9.17, 15) is 15.2 Å². The van der Waals surface area contributed by atoms with Gasteiger partial charge in [0.05, 0.1) is 11.0 Å². The van der Waals surface area contributed by atoms with Crippen LogP contribution in [0.2, 0.25) is 0 Å². The quantitative estimate of drug-likeness (QED) is 0.373. The second kappa shape index (κ2) is 7.24. The number of aromatic hydroxyl groups is 1. The van der Waals surface area contributed by atoms with Crippen LogP contribution in [0.15, 0.2) is 60.1 Å². The number of nitro benzene ring substituents is 1. The minimum absolute atomic E-state index is 0.0160. The van der Waals surface area contributed by atoms with Crippen LogP contribution in [0.5, 0.6) is 5.75 Å². The molecule has 2 heterocycles. The summed E-state index contributed by atoms with van der Waals surface area (Å²) in [5.41, 5.74) is 2.49. The van der Waals surface area contributed by atoms with Crippen molar-refractivity contribution in [2.45, 2.75) is 13.0 Å². The number of benzene rings is 2. The largest absolute Gasteiger partial charge is 0.505 e. The molecule has 2 aromatic heterocycles. The third kappa shape index (κ3) is 3.37. The van der Waals surface area contributed by atoms with Gasteiger partial charge in [0.2, 0.25) is 0 Å². The Morgan fingerprint density at radius 1 is 1.21 bits per heavy atom. The maximum absolute atomic E-state index is 11.2. The molecule has 2 N–H and O–H groups in total. The molecule has 0 aliphatic rings. The summed E-state index contributed by atoms with van der Waals surface area (Å²) in [5.74, 6) is 0.0433. The number of hydrogen-bond acceptors (Lipinski definition) is 7. The predicted octanol–water partition coefficient (Wildman–Crippen LogP) is 4.82. The maximum Gasteiger partial charge on any atom is 0.269 e. The SMILES string of the molecule is Cc1ccc2ccc(C(Nc3nccs3)c3cccc([N+](=O)[O-])c3)c(O)c2n1. The maximum atomic E-state index is 11.2. The molecule has 4 rings (SSSR count). The summed E-state index contributed by atoms with van der Waals surface area (Å²) < 4.78 is 0. The average molecular weight is 392 g/mol. The van der Waals surface area contributed by atoms with E-state index in [4.69, 9.17) is 0 Å². The Balaban J connectivity index is 1.88. The van der Waals surface area contributed by atoms with Crippen molar-refractivity contribution in [3.63, 3.8) is 0 Å². The second-order valence-electron chi connectivity index (χ2n) is 6.29. The second-order valence-corrected chi connectivity index (χ2v) is 7.19. The molecule has 0 amide bonds. The van der Waals surface area contributed by atoms with Crippen LogP contribution >= 0.6 is 11.3 Å². The third-order valence-corrected chi connectivity index (χ3v) is 5.14. The van der Waals surface area contributed by atoms with Crippen molar-refractivity contribution < 1.29 is 10.0 Å². The van der Waals surface area contributed by atoms with Crippen LogP contribution in [-0.4, -0.2) is 20.0 Å². The fourth-order valence-corrected chi connectivity index (χ4v) is 3.65. The molecule has 0 aliphatic heterocycles. The molecule has 0 fully saturated rings. The lowest BCUT2D eigenvalue weighted by atomic mass is 9.96. The third-order valence-electron chi connectivity index (χ3n) is 4.43. The van der Waals surface area contributed by atoms with Crippen molar-refractivity contribution in [2.75, 3.05) is 5.32 Å². The molecule has 1 atom stereocenters. The number of non-ortho nitro benzene ring substituents is 1. The highest BCUT2D eigenvalue weighted by atomic mass is 32.1. The molecule has 0 spiro atoms. The van der Waals surface area contributed by atoms with E-state index < -0.39 is 11.0 Å². The van der Waals surface area contributed by atoms with Gasteiger partial charge in [-0.25, -0.2) is 9.97 Å². The lowest BCUT2D eigenvalue weighted by Crippen LogP contribution is -2.13. The van der Waals surface area contributed by atoms with Crippen molar-refractivity contribution in [3.8, 4) is 5.75 Å². The summed E-state index contributed by atoms with van der Waals surface area (Å²) in [6.45, 7) is 1.86. The van der Waals surface area contributed by atoms with E-state index in [-0.39, 0.29) is 11.4 Å². The molecule has 4 aromatic rings. The lowest BCUT2D eigenvalue weighted by Gasteiger charge is -2.21. The molecule has 0 bridgehead atoms. The minimum atomic E-state index is -0.530. The first kappa shape index (κ1) is 17.9. The van der Waals surface area contributed by atoms with Crippen molar-refractivity contribution in [2.24, 2.45) is 0 Å². The van der Waals surface area contributed by atoms with Crippen LogP contribution in [0, 0.1) is 17.0 Å². The molecule has 28 heavy (non-hydrogen) atoms. The van der Waals surface area contributed by atoms with Crippen molar-refractivity contribution in [1.82, 2.24) is 9.97 Å². The van der Waals surface area contributed by atoms with Crippen LogP contribution in [0.1, 0.15) is 22.9 Å². The van der Waals surface area contributed by atoms with Gasteiger partial charge in [0, 0.05) is 40.4 Å². The minimum Gasteiger partial charge on any atom is -0.505 e. The summed E-state index contributed by atoms with van der Waals surface area (Å²) in [6, 6.07) is 13.3. The van der Waals surface area contributed by atoms with Gasteiger partial charge in [0.15, 0.2) is 5.13 Å². The number of rotatable bonds is 5. The van der Waals surface area contributed by atoms with Gasteiger partial charge in [0.25, 0.3) is 5.69 Å². The van der Waals surface area contributed by atoms with Gasteiger partial charge in [-0.15, -0.1) is 11.3 Å². The van der Waals surface area contributed by atoms with Crippen molar-refractivity contribution in [1.29, 1.82) is 0 Å². The van der Waals surface area contributed by atoms with Gasteiger partial charge < -0.3 is 10.4 Å². The van der Waals surface area contributed by atoms with E-state index in [1.165, 1.54) is 23.5 Å². The molecule has 0 radical (unpaired) electrons. The first-order chi connectivity index (χ1) is 13.5. The smallest absolute Gasteiger partial charge is 0.269 e. The normalized spacial score (nSPS) is 12.0. The average Bonchev–Trinajstić information content (AvgIpc) is 3.21. The molecule has 8 heteroatoms. The van der Waals surface area contributed by atoms with Gasteiger partial charge in [-0.3, -0.25) is 10.1 Å². The topological polar surface area (TPSA) is 101 Å². The number of aromatic nitrogens is 2. The van der Waals surface area contributed by atoms with Gasteiger partial charge >= 0.3 is 0 Å². The Morgan fingerprint density at radius 2 is 2.04 bits per heavy atom. The standard InChI is InChI=1S/C20H16N4O3S/c1-12-5-6-13-7-8-16(19(25)18(13)22-12)17(23-20-21-9-10-28-20)14-3-2-4-15(11-14)24(26)27/h2-11,17,25H,1H3,(H,21,23). The van der Waals surface area contributed by atoms with Crippen LogP contribution < -0.4 is 5.32 Å². The molecule has 0 saturated carbocycles. The summed E-state index contributed by atoms with van der Waals surface area (Å²) in [6.07, 6.45) is 1.67. The van der Waals surface area contributed by atoms with E-state index in [0.29, 0.717) is 21.8 Å². The summed E-state index contributed by atoms with van der Waals surface area (Å²) in [7, 11) is 0. The fraction of sp³-hybridized carbons (Fsp3) is 0.100. The predicted molar refractivity (Wildman–Crippen MR) is 109 cm³/mol. The van der Waals surface area contributed by atoms with Crippen molar-refractivity contribution >= 4 is 33.1 Å². The van der Waals surface area contributed by atoms with Gasteiger partial charge in [0.1, 0.15) is 11.3 Å². The van der Waals surface area contributed by atoms with Gasteiger partial charge in [-0.1, -0.05) is 30.3 Å². The van der Waals surface area contributed by atoms with E-state index in [1.54, 1.807) is 24.4 Å². The van der Waals surface area contributed by atoms with E-state index >= 15 is 0 Å². The van der Waals surface area contributed by atoms with E-state index in [0.717, 1.165) is 11.1 Å². The van der Waals surface area contributed by atoms with Gasteiger partial charge in [-0.05, 0) is 18.6 Å². The number of nitrogens with zero attached hydrogens (tertiary/aromatic N) is 3. The number of phenolic OH excluding ortho intramolecular Hbond substituents is 1. The number of thiazole rings is 1. The Labute approximate surface area is 164 Å². The summed E-state index contributed by atoms with van der Waals surface area (Å²) in [5, 5.41) is 28.8. The zero-order chi connectivity index (χ0) is 19.7. The zero-order valence-corrected chi connectivity index (χ0v) is 15.7. The number of pyridine rings is 1. The monoisotopic (exact) mass is 392 g/mol. The number of nitro groups is 1. The molecule has 0 aliphatic carbocycles. The van der Waals surface area contributed by atoms with E-state index in [2.05, 4.69) is 15.3 Å². The van der Waals surface area contributed by atoms with Crippen molar-refractivity contribution in [3.05, 3.63) is 87.0 Å². The highest BCUT2D eigenvalue weighted by molar-refractivity contribution is 7.13. The van der Waals surface area contributed by atoms with Crippen LogP contribution in [0.3, 0.4) is 0 Å². The number of aryl methyl sites for hydroxylation is 1. The fourth-order valence-electron chi connectivity index (χ4n) is 3.10. The number of phenols is 1. The molecule has 1 unspecified atom stereocenters. The Morgan fingerprint density at radius 3 is 2.79 bits per heavy atom. The van der Waals surface area contributed by atoms with Crippen LogP contribution in [0.4, 0.5) is 10.8 Å². The highest BCUT2D eigenvalue weighted by Crippen LogP contribution is 2.37. The Bertz CT molecular complexity index is 1160. The molecule has 0 saturated heterocycles. The van der Waals surface area contributed by atoms with E-state index in [1.807, 2.05) is 30.5 Å². The summed E-state index contributed by atoms with van der Waals surface area (Å²) in [4.78, 5) is 19.5. The number of nitrogens with one attached hydrogen (secondary N) is 1. The first-order valence-electron chi connectivity index (χ1n) is 8.52. The molecular formula is C20H16N4O3S. The lowest BCUT2D eigenvalue weighted by molar-refractivity contribution is -0.384. The number of hydrogen-bond donors (Lipinski definition) is 2. The van der Waals surface area contributed by atoms with Crippen LogP contribution in [0.25, 0.3) is 10.9 Å². The molecular weight excluding hydrogens is 376 g/mol. The zero-order valence-electron chi connectivity index (χ0n) is 14.9. The molecule has 140 valence electrons.